The van der Waals surface area contributed by atoms with E-state index in [2.05, 4.69) is 44.8 Å². The Morgan fingerprint density at radius 2 is 1.68 bits per heavy atom. The summed E-state index contributed by atoms with van der Waals surface area (Å²) in [5.74, 6) is 1.33. The predicted molar refractivity (Wildman–Crippen MR) is 139 cm³/mol. The number of hydrogen-bond donors (Lipinski definition) is 2. The number of guanidine groups is 1. The highest BCUT2D eigenvalue weighted by Crippen LogP contribution is 2.17. The fourth-order valence-electron chi connectivity index (χ4n) is 3.52. The largest absolute Gasteiger partial charge is 0.379 e. The van der Waals surface area contributed by atoms with E-state index in [-0.39, 0.29) is 29.8 Å². The lowest BCUT2D eigenvalue weighted by molar-refractivity contribution is 0.0341. The fourth-order valence-corrected chi connectivity index (χ4v) is 4.10. The predicted octanol–water partition coefficient (Wildman–Crippen LogP) is 4.00. The SMILES string of the molecule is CN=C(NCc1ccc(F)cc1CSC)NCc1ccccc1CN1CCOCC1.I. The zero-order chi connectivity index (χ0) is 21.2. The Morgan fingerprint density at radius 3 is 2.32 bits per heavy atom. The lowest BCUT2D eigenvalue weighted by Crippen LogP contribution is -2.37. The van der Waals surface area contributed by atoms with Gasteiger partial charge in [-0.3, -0.25) is 9.89 Å². The summed E-state index contributed by atoms with van der Waals surface area (Å²) in [6, 6.07) is 13.5. The molecule has 0 radical (unpaired) electrons. The van der Waals surface area contributed by atoms with Gasteiger partial charge in [0.2, 0.25) is 0 Å². The monoisotopic (exact) mass is 558 g/mol. The normalized spacial score (nSPS) is 14.7. The molecule has 5 nitrogen and oxygen atoms in total. The van der Waals surface area contributed by atoms with Crippen LogP contribution in [-0.4, -0.2) is 50.5 Å². The number of morpholine rings is 1. The molecular weight excluding hydrogens is 526 g/mol. The van der Waals surface area contributed by atoms with Gasteiger partial charge in [0.15, 0.2) is 5.96 Å². The first-order chi connectivity index (χ1) is 14.7. The number of aliphatic imine (C=N–C) groups is 1. The number of hydrogen-bond acceptors (Lipinski definition) is 4. The van der Waals surface area contributed by atoms with Crippen molar-refractivity contribution in [2.45, 2.75) is 25.4 Å². The molecule has 8 heteroatoms. The highest BCUT2D eigenvalue weighted by molar-refractivity contribution is 14.0. The molecule has 0 atom stereocenters. The van der Waals surface area contributed by atoms with Crippen LogP contribution in [0.1, 0.15) is 22.3 Å². The first-order valence-electron chi connectivity index (χ1n) is 10.3. The van der Waals surface area contributed by atoms with E-state index in [0.717, 1.165) is 55.7 Å². The van der Waals surface area contributed by atoms with Gasteiger partial charge in [-0.1, -0.05) is 30.3 Å². The van der Waals surface area contributed by atoms with Crippen LogP contribution < -0.4 is 10.6 Å². The standard InChI is InChI=1S/C23H31FN4OS.HI/c1-25-23(27-15-19-7-8-22(24)13-21(19)17-30-2)26-14-18-5-3-4-6-20(18)16-28-9-11-29-12-10-28;/h3-8,13H,9-12,14-17H2,1-2H3,(H2,25,26,27);1H. The first kappa shape index (κ1) is 25.9. The number of benzene rings is 2. The van der Waals surface area contributed by atoms with Crippen molar-refractivity contribution in [1.29, 1.82) is 0 Å². The second-order valence-corrected chi connectivity index (χ2v) is 8.15. The van der Waals surface area contributed by atoms with Crippen LogP contribution in [0.2, 0.25) is 0 Å². The maximum absolute atomic E-state index is 13.6. The molecule has 2 aromatic carbocycles. The van der Waals surface area contributed by atoms with Gasteiger partial charge in [0.05, 0.1) is 13.2 Å². The van der Waals surface area contributed by atoms with Gasteiger partial charge in [-0.25, -0.2) is 4.39 Å². The van der Waals surface area contributed by atoms with E-state index < -0.39 is 0 Å². The number of nitrogens with zero attached hydrogens (tertiary/aromatic N) is 2. The van der Waals surface area contributed by atoms with Crippen molar-refractivity contribution in [3.05, 3.63) is 70.5 Å². The Bertz CT molecular complexity index is 846. The molecule has 0 aromatic heterocycles. The van der Waals surface area contributed by atoms with E-state index in [0.29, 0.717) is 13.1 Å². The Labute approximate surface area is 206 Å². The molecule has 1 aliphatic heterocycles. The summed E-state index contributed by atoms with van der Waals surface area (Å²) >= 11 is 1.69. The Hall–Kier alpha value is -1.36. The molecule has 0 spiro atoms. The average Bonchev–Trinajstić information content (AvgIpc) is 2.77. The summed E-state index contributed by atoms with van der Waals surface area (Å²) in [5.41, 5.74) is 4.68. The van der Waals surface area contributed by atoms with Gasteiger partial charge in [0.25, 0.3) is 0 Å². The van der Waals surface area contributed by atoms with Crippen molar-refractivity contribution in [3.63, 3.8) is 0 Å². The van der Waals surface area contributed by atoms with E-state index in [4.69, 9.17) is 4.74 Å². The number of thioether (sulfide) groups is 1. The lowest BCUT2D eigenvalue weighted by Gasteiger charge is -2.27. The molecule has 3 rings (SSSR count). The minimum Gasteiger partial charge on any atom is -0.379 e. The second-order valence-electron chi connectivity index (χ2n) is 7.28. The second kappa shape index (κ2) is 13.9. The number of halogens is 2. The zero-order valence-electron chi connectivity index (χ0n) is 18.2. The molecular formula is C23H32FIN4OS. The summed E-state index contributed by atoms with van der Waals surface area (Å²) < 4.78 is 19.0. The third-order valence-electron chi connectivity index (χ3n) is 5.20. The van der Waals surface area contributed by atoms with Gasteiger partial charge >= 0.3 is 0 Å². The Morgan fingerprint density at radius 1 is 1.03 bits per heavy atom. The smallest absolute Gasteiger partial charge is 0.191 e. The van der Waals surface area contributed by atoms with Crippen LogP contribution in [-0.2, 0) is 30.1 Å². The van der Waals surface area contributed by atoms with E-state index in [1.807, 2.05) is 12.3 Å². The van der Waals surface area contributed by atoms with Gasteiger partial charge in [0.1, 0.15) is 5.82 Å². The third kappa shape index (κ3) is 8.25. The fraction of sp³-hybridized carbons (Fsp3) is 0.435. The van der Waals surface area contributed by atoms with Crippen molar-refractivity contribution in [3.8, 4) is 0 Å². The van der Waals surface area contributed by atoms with Crippen LogP contribution in [0.25, 0.3) is 0 Å². The van der Waals surface area contributed by atoms with Crippen molar-refractivity contribution in [2.75, 3.05) is 39.6 Å². The molecule has 1 saturated heterocycles. The quantitative estimate of drug-likeness (QED) is 0.292. The molecule has 2 N–H and O–H groups in total. The van der Waals surface area contributed by atoms with E-state index in [1.54, 1.807) is 24.9 Å². The molecule has 170 valence electrons. The number of rotatable bonds is 8. The molecule has 0 aliphatic carbocycles. The Balaban J connectivity index is 0.00000341. The maximum Gasteiger partial charge on any atom is 0.191 e. The summed E-state index contributed by atoms with van der Waals surface area (Å²) in [4.78, 5) is 6.77. The summed E-state index contributed by atoms with van der Waals surface area (Å²) in [6.45, 7) is 5.78. The van der Waals surface area contributed by atoms with Crippen LogP contribution in [0.15, 0.2) is 47.5 Å². The van der Waals surface area contributed by atoms with Gasteiger partial charge in [-0.2, -0.15) is 11.8 Å². The molecule has 0 bridgehead atoms. The van der Waals surface area contributed by atoms with Crippen LogP contribution in [0.3, 0.4) is 0 Å². The molecule has 31 heavy (non-hydrogen) atoms. The lowest BCUT2D eigenvalue weighted by atomic mass is 10.1. The van der Waals surface area contributed by atoms with Crippen molar-refractivity contribution < 1.29 is 9.13 Å². The molecule has 1 aliphatic rings. The zero-order valence-corrected chi connectivity index (χ0v) is 21.3. The molecule has 0 saturated carbocycles. The number of nitrogens with one attached hydrogen (secondary N) is 2. The topological polar surface area (TPSA) is 48.9 Å². The van der Waals surface area contributed by atoms with Crippen LogP contribution in [0.5, 0.6) is 0 Å². The minimum absolute atomic E-state index is 0. The van der Waals surface area contributed by atoms with Gasteiger partial charge < -0.3 is 15.4 Å². The number of ether oxygens (including phenoxy) is 1. The van der Waals surface area contributed by atoms with E-state index in [1.165, 1.54) is 17.2 Å². The first-order valence-corrected chi connectivity index (χ1v) is 11.7. The van der Waals surface area contributed by atoms with Crippen molar-refractivity contribution >= 4 is 41.7 Å². The molecule has 0 unspecified atom stereocenters. The molecule has 1 fully saturated rings. The molecule has 0 amide bonds. The summed E-state index contributed by atoms with van der Waals surface area (Å²) in [5, 5.41) is 6.77. The van der Waals surface area contributed by atoms with Crippen molar-refractivity contribution in [1.82, 2.24) is 15.5 Å². The third-order valence-corrected chi connectivity index (χ3v) is 5.80. The van der Waals surface area contributed by atoms with Crippen LogP contribution in [0, 0.1) is 5.82 Å². The summed E-state index contributed by atoms with van der Waals surface area (Å²) in [7, 11) is 1.77. The van der Waals surface area contributed by atoms with Crippen LogP contribution >= 0.6 is 35.7 Å². The highest BCUT2D eigenvalue weighted by atomic mass is 127. The van der Waals surface area contributed by atoms with Gasteiger partial charge in [0, 0.05) is 45.5 Å². The van der Waals surface area contributed by atoms with Gasteiger partial charge in [-0.15, -0.1) is 24.0 Å². The highest BCUT2D eigenvalue weighted by Gasteiger charge is 2.13. The molecule has 2 aromatic rings. The average molecular weight is 559 g/mol. The van der Waals surface area contributed by atoms with E-state index in [9.17, 15) is 4.39 Å². The minimum atomic E-state index is -0.192. The Kier molecular flexibility index (Phi) is 11.6. The van der Waals surface area contributed by atoms with Gasteiger partial charge in [-0.05, 0) is 40.6 Å². The molecule has 1 heterocycles. The van der Waals surface area contributed by atoms with Crippen molar-refractivity contribution in [2.24, 2.45) is 4.99 Å². The maximum atomic E-state index is 13.6. The summed E-state index contributed by atoms with van der Waals surface area (Å²) in [6.07, 6.45) is 2.02. The van der Waals surface area contributed by atoms with E-state index >= 15 is 0 Å². The van der Waals surface area contributed by atoms with Crippen LogP contribution in [0.4, 0.5) is 4.39 Å².